The Labute approximate surface area is 155 Å². The summed E-state index contributed by atoms with van der Waals surface area (Å²) >= 11 is 0. The number of hydrogen-bond acceptors (Lipinski definition) is 4. The van der Waals surface area contributed by atoms with Crippen LogP contribution in [0.25, 0.3) is 0 Å². The second-order valence-electron chi connectivity index (χ2n) is 5.94. The minimum absolute atomic E-state index is 0.172. The quantitative estimate of drug-likeness (QED) is 0.622. The van der Waals surface area contributed by atoms with Crippen molar-refractivity contribution in [2.45, 2.75) is 20.8 Å². The predicted molar refractivity (Wildman–Crippen MR) is 97.0 cm³/mol. The molecule has 1 aromatic carbocycles. The largest absolute Gasteiger partial charge is 0.349 e. The molecule has 0 atom stereocenters. The van der Waals surface area contributed by atoms with E-state index in [9.17, 15) is 18.8 Å². The molecule has 0 radical (unpaired) electrons. The van der Waals surface area contributed by atoms with E-state index in [1.54, 1.807) is 33.9 Å². The summed E-state index contributed by atoms with van der Waals surface area (Å²) in [5.41, 5.74) is 1.26. The molecule has 2 aromatic rings. The zero-order valence-corrected chi connectivity index (χ0v) is 15.4. The Bertz CT molecular complexity index is 986. The Morgan fingerprint density at radius 2 is 1.93 bits per heavy atom. The first-order chi connectivity index (χ1) is 12.7. The summed E-state index contributed by atoms with van der Waals surface area (Å²) < 4.78 is 14.9. The Morgan fingerprint density at radius 1 is 1.26 bits per heavy atom. The molecule has 2 amide bonds. The molecular formula is C19H19FN4O3. The molecule has 27 heavy (non-hydrogen) atoms. The van der Waals surface area contributed by atoms with Gasteiger partial charge >= 0.3 is 0 Å². The maximum absolute atomic E-state index is 13.4. The van der Waals surface area contributed by atoms with Crippen molar-refractivity contribution in [2.24, 2.45) is 7.05 Å². The SMILES string of the molecule is CCNC(=O)C(=O)c1c(C)c(C(=O)Nc2ccc(F)c(C#N)c2)n(C)c1C. The number of benzene rings is 1. The summed E-state index contributed by atoms with van der Waals surface area (Å²) in [5.74, 6) is -2.67. The number of likely N-dealkylation sites (N-methyl/N-ethyl adjacent to an activating group) is 1. The molecule has 0 unspecified atom stereocenters. The van der Waals surface area contributed by atoms with Gasteiger partial charge in [-0.1, -0.05) is 0 Å². The maximum atomic E-state index is 13.4. The van der Waals surface area contributed by atoms with E-state index < -0.39 is 23.4 Å². The van der Waals surface area contributed by atoms with Crippen LogP contribution in [0.5, 0.6) is 0 Å². The molecule has 0 aliphatic heterocycles. The number of anilines is 1. The van der Waals surface area contributed by atoms with Crippen molar-refractivity contribution in [1.29, 1.82) is 5.26 Å². The standard InChI is InChI=1S/C19H19FN4O3/c1-5-22-19(27)17(25)15-10(2)16(24(4)11(15)3)18(26)23-13-6-7-14(20)12(8-13)9-21/h6-8H,5H2,1-4H3,(H,22,27)(H,23,26). The highest BCUT2D eigenvalue weighted by Gasteiger charge is 2.28. The third kappa shape index (κ3) is 3.72. The molecule has 0 bridgehead atoms. The molecule has 0 aliphatic rings. The van der Waals surface area contributed by atoms with Crippen LogP contribution in [0, 0.1) is 31.0 Å². The maximum Gasteiger partial charge on any atom is 0.292 e. The molecule has 140 valence electrons. The van der Waals surface area contributed by atoms with Crippen molar-refractivity contribution in [1.82, 2.24) is 9.88 Å². The third-order valence-corrected chi connectivity index (χ3v) is 4.26. The van der Waals surface area contributed by atoms with Gasteiger partial charge in [0, 0.05) is 25.0 Å². The zero-order valence-electron chi connectivity index (χ0n) is 15.4. The van der Waals surface area contributed by atoms with Crippen molar-refractivity contribution in [3.63, 3.8) is 0 Å². The summed E-state index contributed by atoms with van der Waals surface area (Å²) in [5, 5.41) is 13.9. The number of ketones is 1. The lowest BCUT2D eigenvalue weighted by molar-refractivity contribution is -0.116. The van der Waals surface area contributed by atoms with Crippen LogP contribution < -0.4 is 10.6 Å². The molecule has 2 rings (SSSR count). The van der Waals surface area contributed by atoms with Crippen LogP contribution in [-0.4, -0.2) is 28.7 Å². The Morgan fingerprint density at radius 3 is 2.52 bits per heavy atom. The second kappa shape index (κ2) is 7.83. The van der Waals surface area contributed by atoms with E-state index in [-0.39, 0.29) is 22.5 Å². The summed E-state index contributed by atoms with van der Waals surface area (Å²) in [7, 11) is 1.61. The number of nitrogens with zero attached hydrogens (tertiary/aromatic N) is 2. The number of rotatable bonds is 5. The summed E-state index contributed by atoms with van der Waals surface area (Å²) in [6.07, 6.45) is 0. The van der Waals surface area contributed by atoms with Gasteiger partial charge in [0.15, 0.2) is 0 Å². The van der Waals surface area contributed by atoms with Gasteiger partial charge in [0.1, 0.15) is 17.6 Å². The topological polar surface area (TPSA) is 104 Å². The normalized spacial score (nSPS) is 10.2. The smallest absolute Gasteiger partial charge is 0.292 e. The molecule has 0 saturated carbocycles. The highest BCUT2D eigenvalue weighted by atomic mass is 19.1. The van der Waals surface area contributed by atoms with Crippen molar-refractivity contribution in [3.8, 4) is 6.07 Å². The lowest BCUT2D eigenvalue weighted by atomic mass is 10.0. The van der Waals surface area contributed by atoms with E-state index in [0.717, 1.165) is 6.07 Å². The minimum Gasteiger partial charge on any atom is -0.349 e. The molecule has 8 heteroatoms. The molecular weight excluding hydrogens is 351 g/mol. The van der Waals surface area contributed by atoms with Gasteiger partial charge in [-0.3, -0.25) is 14.4 Å². The van der Waals surface area contributed by atoms with Gasteiger partial charge in [0.2, 0.25) is 0 Å². The number of amides is 2. The van der Waals surface area contributed by atoms with Gasteiger partial charge in [0.05, 0.1) is 11.1 Å². The van der Waals surface area contributed by atoms with E-state index in [4.69, 9.17) is 5.26 Å². The summed E-state index contributed by atoms with van der Waals surface area (Å²) in [6, 6.07) is 5.34. The first-order valence-electron chi connectivity index (χ1n) is 8.22. The van der Waals surface area contributed by atoms with Gasteiger partial charge in [-0.25, -0.2) is 4.39 Å². The fraction of sp³-hybridized carbons (Fsp3) is 0.263. The minimum atomic E-state index is -0.738. The van der Waals surface area contributed by atoms with Gasteiger partial charge in [-0.2, -0.15) is 5.26 Å². The number of Topliss-reactive ketones (excluding diaryl/α,β-unsaturated/α-hetero) is 1. The van der Waals surface area contributed by atoms with Gasteiger partial charge in [0.25, 0.3) is 17.6 Å². The van der Waals surface area contributed by atoms with Crippen LogP contribution in [-0.2, 0) is 11.8 Å². The van der Waals surface area contributed by atoms with E-state index in [0.29, 0.717) is 17.8 Å². The highest BCUT2D eigenvalue weighted by Crippen LogP contribution is 2.23. The first-order valence-corrected chi connectivity index (χ1v) is 8.22. The van der Waals surface area contributed by atoms with Crippen molar-refractivity contribution in [3.05, 3.63) is 52.1 Å². The molecule has 1 heterocycles. The van der Waals surface area contributed by atoms with Gasteiger partial charge < -0.3 is 15.2 Å². The number of hydrogen-bond donors (Lipinski definition) is 2. The van der Waals surface area contributed by atoms with Crippen LogP contribution in [0.2, 0.25) is 0 Å². The van der Waals surface area contributed by atoms with E-state index in [1.807, 2.05) is 0 Å². The number of carbonyl (C=O) groups is 3. The van der Waals surface area contributed by atoms with E-state index >= 15 is 0 Å². The van der Waals surface area contributed by atoms with Crippen LogP contribution in [0.4, 0.5) is 10.1 Å². The monoisotopic (exact) mass is 370 g/mol. The Kier molecular flexibility index (Phi) is 5.75. The highest BCUT2D eigenvalue weighted by molar-refractivity contribution is 6.43. The fourth-order valence-electron chi connectivity index (χ4n) is 2.87. The number of nitriles is 1. The zero-order chi connectivity index (χ0) is 20.3. The predicted octanol–water partition coefficient (Wildman–Crippen LogP) is 2.22. The van der Waals surface area contributed by atoms with Crippen LogP contribution in [0.1, 0.15) is 44.6 Å². The average molecular weight is 370 g/mol. The van der Waals surface area contributed by atoms with Crippen LogP contribution in [0.3, 0.4) is 0 Å². The van der Waals surface area contributed by atoms with Gasteiger partial charge in [-0.05, 0) is 44.5 Å². The number of nitrogens with one attached hydrogen (secondary N) is 2. The number of carbonyl (C=O) groups excluding carboxylic acids is 3. The van der Waals surface area contributed by atoms with Gasteiger partial charge in [-0.15, -0.1) is 0 Å². The lowest BCUT2D eigenvalue weighted by Crippen LogP contribution is -2.31. The van der Waals surface area contributed by atoms with Crippen molar-refractivity contribution in [2.75, 3.05) is 11.9 Å². The Balaban J connectivity index is 2.40. The fourth-order valence-corrected chi connectivity index (χ4v) is 2.87. The molecule has 0 saturated heterocycles. The van der Waals surface area contributed by atoms with E-state index in [1.165, 1.54) is 16.7 Å². The molecule has 0 fully saturated rings. The van der Waals surface area contributed by atoms with Crippen LogP contribution in [0.15, 0.2) is 18.2 Å². The lowest BCUT2D eigenvalue weighted by Gasteiger charge is -2.08. The number of halogens is 1. The second-order valence-corrected chi connectivity index (χ2v) is 5.94. The first kappa shape index (κ1) is 19.8. The molecule has 1 aromatic heterocycles. The summed E-state index contributed by atoms with van der Waals surface area (Å²) in [6.45, 7) is 5.24. The Hall–Kier alpha value is -3.47. The third-order valence-electron chi connectivity index (χ3n) is 4.26. The van der Waals surface area contributed by atoms with Crippen LogP contribution >= 0.6 is 0 Å². The molecule has 0 aliphatic carbocycles. The van der Waals surface area contributed by atoms with E-state index in [2.05, 4.69) is 10.6 Å². The van der Waals surface area contributed by atoms with Crippen molar-refractivity contribution < 1.29 is 18.8 Å². The summed E-state index contributed by atoms with van der Waals surface area (Å²) in [4.78, 5) is 37.0. The number of aromatic nitrogens is 1. The molecule has 0 spiro atoms. The molecule has 7 nitrogen and oxygen atoms in total. The van der Waals surface area contributed by atoms with Crippen molar-refractivity contribution >= 4 is 23.3 Å². The average Bonchev–Trinajstić information content (AvgIpc) is 2.85. The molecule has 2 N–H and O–H groups in total.